The van der Waals surface area contributed by atoms with Crippen molar-refractivity contribution in [3.05, 3.63) is 11.7 Å². The summed E-state index contributed by atoms with van der Waals surface area (Å²) < 4.78 is 5.12. The average Bonchev–Trinajstić information content (AvgIpc) is 3.07. The minimum atomic E-state index is -0.405. The molecule has 0 radical (unpaired) electrons. The smallest absolute Gasteiger partial charge is 0.292 e. The molecule has 0 aliphatic carbocycles. The number of nitrogens with zero attached hydrogens (tertiary/aromatic N) is 2. The van der Waals surface area contributed by atoms with Gasteiger partial charge in [-0.3, -0.25) is 4.79 Å². The number of nitrogens with one attached hydrogen (secondary N) is 2. The number of carbonyl (C=O) groups is 1. The maximum absolute atomic E-state index is 12.0. The lowest BCUT2D eigenvalue weighted by atomic mass is 10.0. The van der Waals surface area contributed by atoms with Crippen molar-refractivity contribution >= 4 is 5.91 Å². The highest BCUT2D eigenvalue weighted by molar-refractivity contribution is 5.90. The fourth-order valence-electron chi connectivity index (χ4n) is 2.36. The van der Waals surface area contributed by atoms with Crippen molar-refractivity contribution in [2.24, 2.45) is 5.92 Å². The highest BCUT2D eigenvalue weighted by Crippen LogP contribution is 2.21. The Kier molecular flexibility index (Phi) is 5.08. The first kappa shape index (κ1) is 14.9. The molecule has 112 valence electrons. The van der Waals surface area contributed by atoms with Gasteiger partial charge in [0.05, 0.1) is 18.7 Å². The molecule has 2 rings (SSSR count). The minimum absolute atomic E-state index is 0.0240. The van der Waals surface area contributed by atoms with Gasteiger partial charge in [0.1, 0.15) is 0 Å². The summed E-state index contributed by atoms with van der Waals surface area (Å²) in [6.07, 6.45) is 2.71. The fraction of sp³-hybridized carbons (Fsp3) is 0.769. The van der Waals surface area contributed by atoms with E-state index in [1.54, 1.807) is 0 Å². The van der Waals surface area contributed by atoms with E-state index in [-0.39, 0.29) is 24.5 Å². The van der Waals surface area contributed by atoms with Gasteiger partial charge in [-0.2, -0.15) is 4.98 Å². The van der Waals surface area contributed by atoms with Gasteiger partial charge in [0.15, 0.2) is 0 Å². The van der Waals surface area contributed by atoms with Crippen molar-refractivity contribution in [3.8, 4) is 0 Å². The van der Waals surface area contributed by atoms with Crippen LogP contribution in [0.5, 0.6) is 0 Å². The Bertz CT molecular complexity index is 441. The second-order valence-corrected chi connectivity index (χ2v) is 5.59. The van der Waals surface area contributed by atoms with Gasteiger partial charge in [-0.25, -0.2) is 0 Å². The van der Waals surface area contributed by atoms with Crippen LogP contribution in [0.4, 0.5) is 0 Å². The van der Waals surface area contributed by atoms with E-state index in [0.29, 0.717) is 18.2 Å². The van der Waals surface area contributed by atoms with Crippen LogP contribution in [0.2, 0.25) is 0 Å². The predicted molar refractivity (Wildman–Crippen MR) is 72.1 cm³/mol. The molecule has 0 bridgehead atoms. The van der Waals surface area contributed by atoms with Crippen molar-refractivity contribution in [3.63, 3.8) is 0 Å². The predicted octanol–water partition coefficient (Wildman–Crippen LogP) is 0.631. The number of carbonyl (C=O) groups excluding carboxylic acids is 1. The molecule has 2 heterocycles. The maximum Gasteiger partial charge on any atom is 0.292 e. The van der Waals surface area contributed by atoms with E-state index in [4.69, 9.17) is 4.52 Å². The zero-order valence-electron chi connectivity index (χ0n) is 11.9. The van der Waals surface area contributed by atoms with Crippen molar-refractivity contribution in [2.75, 3.05) is 13.2 Å². The number of rotatable bonds is 6. The molecule has 7 nitrogen and oxygen atoms in total. The lowest BCUT2D eigenvalue weighted by Crippen LogP contribution is -2.38. The molecule has 3 N–H and O–H groups in total. The van der Waals surface area contributed by atoms with E-state index < -0.39 is 5.91 Å². The standard InChI is InChI=1S/C13H22N4O3/c1-8(2)6-9(7-18)15-12(19)11-16-13(20-17-11)10-4-3-5-14-10/h8-10,14,18H,3-7H2,1-2H3,(H,15,19). The molecule has 1 aromatic heterocycles. The fourth-order valence-corrected chi connectivity index (χ4v) is 2.36. The monoisotopic (exact) mass is 282 g/mol. The Labute approximate surface area is 118 Å². The largest absolute Gasteiger partial charge is 0.394 e. The molecule has 0 spiro atoms. The molecule has 1 aliphatic heterocycles. The number of amides is 1. The highest BCUT2D eigenvalue weighted by atomic mass is 16.5. The normalized spacial score (nSPS) is 20.3. The molecule has 1 fully saturated rings. The lowest BCUT2D eigenvalue weighted by Gasteiger charge is -2.16. The Morgan fingerprint density at radius 3 is 3.00 bits per heavy atom. The maximum atomic E-state index is 12.0. The first-order valence-electron chi connectivity index (χ1n) is 7.09. The summed E-state index contributed by atoms with van der Waals surface area (Å²) in [6, 6.07) is -0.234. The minimum Gasteiger partial charge on any atom is -0.394 e. The summed E-state index contributed by atoms with van der Waals surface area (Å²) in [5, 5.41) is 18.9. The van der Waals surface area contributed by atoms with E-state index in [1.807, 2.05) is 13.8 Å². The zero-order chi connectivity index (χ0) is 14.5. The second kappa shape index (κ2) is 6.81. The van der Waals surface area contributed by atoms with Crippen molar-refractivity contribution in [1.29, 1.82) is 0 Å². The number of aliphatic hydroxyl groups excluding tert-OH is 1. The van der Waals surface area contributed by atoms with Crippen LogP contribution in [0, 0.1) is 5.92 Å². The van der Waals surface area contributed by atoms with E-state index in [0.717, 1.165) is 19.4 Å². The van der Waals surface area contributed by atoms with Crippen molar-refractivity contribution in [1.82, 2.24) is 20.8 Å². The van der Waals surface area contributed by atoms with Gasteiger partial charge in [-0.05, 0) is 31.7 Å². The van der Waals surface area contributed by atoms with Crippen LogP contribution < -0.4 is 10.6 Å². The third kappa shape index (κ3) is 3.77. The van der Waals surface area contributed by atoms with Crippen molar-refractivity contribution in [2.45, 2.75) is 45.2 Å². The van der Waals surface area contributed by atoms with Crippen LogP contribution >= 0.6 is 0 Å². The molecule has 2 unspecified atom stereocenters. The SMILES string of the molecule is CC(C)CC(CO)NC(=O)c1noc(C2CCCN2)n1. The molecule has 1 aliphatic rings. The Morgan fingerprint density at radius 2 is 2.40 bits per heavy atom. The van der Waals surface area contributed by atoms with E-state index in [9.17, 15) is 9.90 Å². The van der Waals surface area contributed by atoms with Gasteiger partial charge in [-0.15, -0.1) is 0 Å². The van der Waals surface area contributed by atoms with Crippen LogP contribution in [0.15, 0.2) is 4.52 Å². The zero-order valence-corrected chi connectivity index (χ0v) is 11.9. The Balaban J connectivity index is 1.94. The summed E-state index contributed by atoms with van der Waals surface area (Å²) in [5.74, 6) is 0.460. The molecule has 1 amide bonds. The van der Waals surface area contributed by atoms with Gasteiger partial charge in [0, 0.05) is 0 Å². The molecule has 2 atom stereocenters. The third-order valence-corrected chi connectivity index (χ3v) is 3.31. The number of hydrogen-bond donors (Lipinski definition) is 3. The molecule has 1 aromatic rings. The number of aromatic nitrogens is 2. The van der Waals surface area contributed by atoms with Gasteiger partial charge < -0.3 is 20.3 Å². The van der Waals surface area contributed by atoms with Gasteiger partial charge in [-0.1, -0.05) is 19.0 Å². The molecular weight excluding hydrogens is 260 g/mol. The summed E-state index contributed by atoms with van der Waals surface area (Å²) in [5.41, 5.74) is 0. The average molecular weight is 282 g/mol. The van der Waals surface area contributed by atoms with Gasteiger partial charge in [0.2, 0.25) is 5.89 Å². The van der Waals surface area contributed by atoms with Crippen molar-refractivity contribution < 1.29 is 14.4 Å². The molecule has 7 heteroatoms. The van der Waals surface area contributed by atoms with Crippen LogP contribution in [-0.4, -0.2) is 40.3 Å². The molecular formula is C13H22N4O3. The van der Waals surface area contributed by atoms with E-state index >= 15 is 0 Å². The number of aliphatic hydroxyl groups is 1. The summed E-state index contributed by atoms with van der Waals surface area (Å²) in [6.45, 7) is 4.90. The van der Waals surface area contributed by atoms with Crippen LogP contribution in [-0.2, 0) is 0 Å². The highest BCUT2D eigenvalue weighted by Gasteiger charge is 2.25. The third-order valence-electron chi connectivity index (χ3n) is 3.31. The first-order chi connectivity index (χ1) is 9.60. The van der Waals surface area contributed by atoms with E-state index in [2.05, 4.69) is 20.8 Å². The quantitative estimate of drug-likeness (QED) is 0.707. The lowest BCUT2D eigenvalue weighted by molar-refractivity contribution is 0.0895. The van der Waals surface area contributed by atoms with Gasteiger partial charge >= 0.3 is 0 Å². The molecule has 1 saturated heterocycles. The van der Waals surface area contributed by atoms with Gasteiger partial charge in [0.25, 0.3) is 11.7 Å². The molecule has 20 heavy (non-hydrogen) atoms. The molecule has 0 saturated carbocycles. The topological polar surface area (TPSA) is 100 Å². The summed E-state index contributed by atoms with van der Waals surface area (Å²) >= 11 is 0. The summed E-state index contributed by atoms with van der Waals surface area (Å²) in [4.78, 5) is 16.1. The Morgan fingerprint density at radius 1 is 1.60 bits per heavy atom. The second-order valence-electron chi connectivity index (χ2n) is 5.59. The Hall–Kier alpha value is -1.47. The number of hydrogen-bond acceptors (Lipinski definition) is 6. The van der Waals surface area contributed by atoms with Crippen LogP contribution in [0.25, 0.3) is 0 Å². The first-order valence-corrected chi connectivity index (χ1v) is 7.09. The van der Waals surface area contributed by atoms with E-state index in [1.165, 1.54) is 0 Å². The summed E-state index contributed by atoms with van der Waals surface area (Å²) in [7, 11) is 0. The van der Waals surface area contributed by atoms with Crippen LogP contribution in [0.1, 0.15) is 55.7 Å². The van der Waals surface area contributed by atoms with Crippen LogP contribution in [0.3, 0.4) is 0 Å². The molecule has 0 aromatic carbocycles.